The van der Waals surface area contributed by atoms with Crippen molar-refractivity contribution >= 4 is 0 Å². The van der Waals surface area contributed by atoms with Crippen LogP contribution in [-0.2, 0) is 5.41 Å². The number of nitrogens with zero attached hydrogens (tertiary/aromatic N) is 4. The number of fused-ring (bicyclic) bond motifs is 3. The highest BCUT2D eigenvalue weighted by Crippen LogP contribution is 2.57. The summed E-state index contributed by atoms with van der Waals surface area (Å²) in [6.45, 7) is 0. The molecule has 1 aliphatic carbocycles. The second-order valence-corrected chi connectivity index (χ2v) is 14.3. The molecular formula is C53H34N4. The van der Waals surface area contributed by atoms with Crippen LogP contribution in [0.4, 0.5) is 0 Å². The van der Waals surface area contributed by atoms with Crippen LogP contribution in [0.15, 0.2) is 206 Å². The second-order valence-electron chi connectivity index (χ2n) is 14.3. The zero-order valence-electron chi connectivity index (χ0n) is 30.9. The molecule has 57 heavy (non-hydrogen) atoms. The first-order valence-electron chi connectivity index (χ1n) is 19.1. The van der Waals surface area contributed by atoms with E-state index >= 15 is 0 Å². The van der Waals surface area contributed by atoms with Gasteiger partial charge in [0.2, 0.25) is 0 Å². The number of hydrogen-bond donors (Lipinski definition) is 0. The van der Waals surface area contributed by atoms with Crippen LogP contribution in [0.1, 0.15) is 27.8 Å². The van der Waals surface area contributed by atoms with Gasteiger partial charge in [-0.15, -0.1) is 0 Å². The van der Waals surface area contributed by atoms with Crippen LogP contribution in [0.3, 0.4) is 0 Å². The molecule has 0 bridgehead atoms. The fourth-order valence-corrected chi connectivity index (χ4v) is 8.43. The molecule has 0 atom stereocenters. The minimum absolute atomic E-state index is 0.634. The van der Waals surface area contributed by atoms with Crippen LogP contribution in [0, 0.1) is 11.3 Å². The number of rotatable bonds is 7. The lowest BCUT2D eigenvalue weighted by molar-refractivity contribution is 0.768. The highest BCUT2D eigenvalue weighted by Gasteiger charge is 2.46. The summed E-state index contributed by atoms with van der Waals surface area (Å²) in [6.07, 6.45) is 1.83. The Morgan fingerprint density at radius 2 is 0.912 bits per heavy atom. The van der Waals surface area contributed by atoms with Gasteiger partial charge in [-0.3, -0.25) is 4.98 Å². The lowest BCUT2D eigenvalue weighted by Crippen LogP contribution is -2.28. The third kappa shape index (κ3) is 5.90. The summed E-state index contributed by atoms with van der Waals surface area (Å²) in [5.41, 5.74) is 15.4. The van der Waals surface area contributed by atoms with Crippen molar-refractivity contribution in [1.82, 2.24) is 15.0 Å². The van der Waals surface area contributed by atoms with Gasteiger partial charge in [0.25, 0.3) is 0 Å². The molecule has 2 aromatic heterocycles. The quantitative estimate of drug-likeness (QED) is 0.164. The molecule has 1 aliphatic rings. The van der Waals surface area contributed by atoms with E-state index in [1.165, 1.54) is 5.56 Å². The summed E-state index contributed by atoms with van der Waals surface area (Å²) in [7, 11) is 0. The summed E-state index contributed by atoms with van der Waals surface area (Å²) < 4.78 is 0. The van der Waals surface area contributed by atoms with Crippen molar-refractivity contribution < 1.29 is 0 Å². The Bertz CT molecular complexity index is 2840. The van der Waals surface area contributed by atoms with Crippen LogP contribution in [-0.4, -0.2) is 15.0 Å². The smallest absolute Gasteiger partial charge is 0.160 e. The predicted molar refractivity (Wildman–Crippen MR) is 229 cm³/mol. The molecule has 9 aromatic rings. The molecule has 10 rings (SSSR count). The average Bonchev–Trinajstić information content (AvgIpc) is 3.59. The van der Waals surface area contributed by atoms with E-state index < -0.39 is 5.41 Å². The topological polar surface area (TPSA) is 62.5 Å². The molecule has 0 radical (unpaired) electrons. The summed E-state index contributed by atoms with van der Waals surface area (Å²) in [5.74, 6) is 0.634. The molecule has 0 amide bonds. The van der Waals surface area contributed by atoms with Crippen molar-refractivity contribution in [2.45, 2.75) is 5.41 Å². The van der Waals surface area contributed by atoms with E-state index in [2.05, 4.69) is 146 Å². The average molecular weight is 727 g/mol. The monoisotopic (exact) mass is 726 g/mol. The molecule has 0 fully saturated rings. The molecule has 266 valence electrons. The third-order valence-corrected chi connectivity index (χ3v) is 11.0. The SMILES string of the molecule is N#Cc1ccc2c(c1)C(c1ccccc1)(c1ccccc1)c1cc(-c3cc(-c4ccccn4)cc(-c4nc(-c5ccccc5)cc(-c5ccccc5)n4)c3)ccc1-2. The molecule has 0 aliphatic heterocycles. The molecule has 0 saturated heterocycles. The molecular weight excluding hydrogens is 693 g/mol. The highest BCUT2D eigenvalue weighted by atomic mass is 14.9. The number of nitriles is 1. The highest BCUT2D eigenvalue weighted by molar-refractivity contribution is 5.90. The molecule has 0 N–H and O–H groups in total. The Labute approximate surface area is 332 Å². The van der Waals surface area contributed by atoms with Gasteiger partial charge >= 0.3 is 0 Å². The van der Waals surface area contributed by atoms with Gasteiger partial charge in [-0.25, -0.2) is 9.97 Å². The number of aromatic nitrogens is 3. The van der Waals surface area contributed by atoms with Crippen molar-refractivity contribution in [3.63, 3.8) is 0 Å². The number of hydrogen-bond acceptors (Lipinski definition) is 4. The molecule has 0 unspecified atom stereocenters. The second kappa shape index (κ2) is 14.2. The Hall–Kier alpha value is -7.74. The normalized spacial score (nSPS) is 12.3. The van der Waals surface area contributed by atoms with Crippen LogP contribution in [0.5, 0.6) is 0 Å². The van der Waals surface area contributed by atoms with Crippen LogP contribution in [0.2, 0.25) is 0 Å². The van der Waals surface area contributed by atoms with Gasteiger partial charge in [0, 0.05) is 28.5 Å². The first-order valence-corrected chi connectivity index (χ1v) is 19.1. The van der Waals surface area contributed by atoms with E-state index in [0.717, 1.165) is 78.3 Å². The molecule has 4 nitrogen and oxygen atoms in total. The predicted octanol–water partition coefficient (Wildman–Crippen LogP) is 12.4. The first-order chi connectivity index (χ1) is 28.2. The standard InChI is InChI=1S/C53H34N4/c54-35-36-24-26-45-46-27-25-39(33-48(46)53(47(45)29-36,43-19-9-3-10-20-43)44-21-11-4-12-22-44)40-30-41(49-23-13-14-28-55-49)32-42(31-40)52-56-50(37-15-5-1-6-16-37)34-51(57-52)38-17-7-2-8-18-38/h1-34H. The Balaban J connectivity index is 1.22. The fraction of sp³-hybridized carbons (Fsp3) is 0.0189. The van der Waals surface area contributed by atoms with Crippen LogP contribution in [0.25, 0.3) is 67.4 Å². The van der Waals surface area contributed by atoms with Gasteiger partial charge in [0.1, 0.15) is 0 Å². The summed E-state index contributed by atoms with van der Waals surface area (Å²) in [6, 6.07) is 71.9. The van der Waals surface area contributed by atoms with Gasteiger partial charge in [-0.1, -0.05) is 146 Å². The maximum Gasteiger partial charge on any atom is 0.160 e. The zero-order valence-corrected chi connectivity index (χ0v) is 30.9. The van der Waals surface area contributed by atoms with E-state index in [1.54, 1.807) is 0 Å². The first kappa shape index (κ1) is 33.8. The largest absolute Gasteiger partial charge is 0.256 e. The summed E-state index contributed by atoms with van der Waals surface area (Å²) in [5, 5.41) is 10.1. The summed E-state index contributed by atoms with van der Waals surface area (Å²) >= 11 is 0. The van der Waals surface area contributed by atoms with E-state index in [0.29, 0.717) is 11.4 Å². The minimum atomic E-state index is -0.658. The van der Waals surface area contributed by atoms with E-state index in [-0.39, 0.29) is 0 Å². The maximum atomic E-state index is 10.1. The zero-order chi connectivity index (χ0) is 38.2. The van der Waals surface area contributed by atoms with Gasteiger partial charge in [0.15, 0.2) is 5.82 Å². The van der Waals surface area contributed by atoms with Crippen molar-refractivity contribution in [2.24, 2.45) is 0 Å². The molecule has 2 heterocycles. The van der Waals surface area contributed by atoms with Crippen molar-refractivity contribution in [2.75, 3.05) is 0 Å². The minimum Gasteiger partial charge on any atom is -0.256 e. The molecule has 0 saturated carbocycles. The van der Waals surface area contributed by atoms with Crippen LogP contribution < -0.4 is 0 Å². The van der Waals surface area contributed by atoms with E-state index in [1.807, 2.05) is 66.9 Å². The molecule has 4 heteroatoms. The Morgan fingerprint density at radius 1 is 0.386 bits per heavy atom. The van der Waals surface area contributed by atoms with E-state index in [4.69, 9.17) is 15.0 Å². The van der Waals surface area contributed by atoms with E-state index in [9.17, 15) is 5.26 Å². The fourth-order valence-electron chi connectivity index (χ4n) is 8.43. The Kier molecular flexibility index (Phi) is 8.39. The number of pyridine rings is 1. The van der Waals surface area contributed by atoms with Gasteiger partial charge < -0.3 is 0 Å². The van der Waals surface area contributed by atoms with Gasteiger partial charge in [0.05, 0.1) is 34.1 Å². The lowest BCUT2D eigenvalue weighted by Gasteiger charge is -2.34. The summed E-state index contributed by atoms with van der Waals surface area (Å²) in [4.78, 5) is 15.2. The van der Waals surface area contributed by atoms with Crippen LogP contribution >= 0.6 is 0 Å². The van der Waals surface area contributed by atoms with Crippen molar-refractivity contribution in [1.29, 1.82) is 5.26 Å². The van der Waals surface area contributed by atoms with Gasteiger partial charge in [-0.2, -0.15) is 5.26 Å². The molecule has 0 spiro atoms. The lowest BCUT2D eigenvalue weighted by atomic mass is 9.67. The van der Waals surface area contributed by atoms with Crippen molar-refractivity contribution in [3.05, 3.63) is 234 Å². The van der Waals surface area contributed by atoms with Crippen molar-refractivity contribution in [3.8, 4) is 73.5 Å². The number of benzene rings is 7. The molecule has 7 aromatic carbocycles. The van der Waals surface area contributed by atoms with Gasteiger partial charge in [-0.05, 0) is 99.1 Å². The Morgan fingerprint density at radius 3 is 1.49 bits per heavy atom. The maximum absolute atomic E-state index is 10.1. The third-order valence-electron chi connectivity index (χ3n) is 11.0.